The van der Waals surface area contributed by atoms with Crippen LogP contribution >= 0.6 is 0 Å². The number of benzene rings is 2. The number of allylic oxidation sites excluding steroid dienone is 2. The Morgan fingerprint density at radius 3 is 2.14 bits per heavy atom. The highest BCUT2D eigenvalue weighted by atomic mass is 16.5. The topological polar surface area (TPSA) is 82.9 Å². The fourth-order valence-electron chi connectivity index (χ4n) is 1.80. The third-order valence-corrected chi connectivity index (χ3v) is 2.88. The highest BCUT2D eigenvalue weighted by Gasteiger charge is 2.10. The molecule has 4 heteroatoms. The molecule has 0 aromatic heterocycles. The van der Waals surface area contributed by atoms with E-state index in [1.54, 1.807) is 31.2 Å². The van der Waals surface area contributed by atoms with Gasteiger partial charge in [-0.15, -0.1) is 0 Å². The molecule has 0 spiro atoms. The molecule has 0 aliphatic heterocycles. The van der Waals surface area contributed by atoms with Gasteiger partial charge in [0, 0.05) is 11.3 Å². The van der Waals surface area contributed by atoms with Crippen LogP contribution in [0.25, 0.3) is 0 Å². The third kappa shape index (κ3) is 3.48. The Kier molecular flexibility index (Phi) is 4.37. The summed E-state index contributed by atoms with van der Waals surface area (Å²) in [7, 11) is 0. The van der Waals surface area contributed by atoms with Crippen molar-refractivity contribution in [3.05, 3.63) is 71.4 Å². The summed E-state index contributed by atoms with van der Waals surface area (Å²) >= 11 is 0. The first-order valence-electron chi connectivity index (χ1n) is 6.40. The van der Waals surface area contributed by atoms with Crippen molar-refractivity contribution in [1.82, 2.24) is 0 Å². The second-order valence-corrected chi connectivity index (χ2v) is 4.48. The van der Waals surface area contributed by atoms with Gasteiger partial charge in [-0.2, -0.15) is 5.26 Å². The number of hydrogen-bond acceptors (Lipinski definition) is 4. The smallest absolute Gasteiger partial charge is 0.127 e. The molecule has 104 valence electrons. The van der Waals surface area contributed by atoms with Crippen LogP contribution in [0.5, 0.6) is 11.5 Å². The molecule has 0 fully saturated rings. The van der Waals surface area contributed by atoms with Crippen molar-refractivity contribution < 1.29 is 4.74 Å². The first-order chi connectivity index (χ1) is 10.1. The summed E-state index contributed by atoms with van der Waals surface area (Å²) in [4.78, 5) is 0. The Labute approximate surface area is 123 Å². The van der Waals surface area contributed by atoms with Gasteiger partial charge >= 0.3 is 0 Å². The largest absolute Gasteiger partial charge is 0.457 e. The molecule has 2 aromatic rings. The number of nitriles is 1. The van der Waals surface area contributed by atoms with E-state index in [1.807, 2.05) is 36.4 Å². The van der Waals surface area contributed by atoms with E-state index in [-0.39, 0.29) is 11.3 Å². The number of hydrogen-bond donors (Lipinski definition) is 2. The van der Waals surface area contributed by atoms with E-state index in [2.05, 4.69) is 0 Å². The predicted octanol–water partition coefficient (Wildman–Crippen LogP) is 3.60. The van der Waals surface area contributed by atoms with E-state index in [0.717, 1.165) is 5.75 Å². The van der Waals surface area contributed by atoms with E-state index in [4.69, 9.17) is 21.1 Å². The molecule has 0 amide bonds. The summed E-state index contributed by atoms with van der Waals surface area (Å²) in [5.74, 6) is 1.42. The van der Waals surface area contributed by atoms with Crippen LogP contribution in [-0.4, -0.2) is 5.71 Å². The van der Waals surface area contributed by atoms with Crippen LogP contribution in [0.15, 0.2) is 65.9 Å². The van der Waals surface area contributed by atoms with Gasteiger partial charge in [0.15, 0.2) is 0 Å². The van der Waals surface area contributed by atoms with Crippen LogP contribution in [0, 0.1) is 16.7 Å². The van der Waals surface area contributed by atoms with Gasteiger partial charge in [-0.25, -0.2) is 0 Å². The van der Waals surface area contributed by atoms with Crippen molar-refractivity contribution >= 4 is 5.71 Å². The van der Waals surface area contributed by atoms with Crippen LogP contribution < -0.4 is 10.5 Å². The van der Waals surface area contributed by atoms with Gasteiger partial charge in [0.25, 0.3) is 0 Å². The predicted molar refractivity (Wildman–Crippen MR) is 82.3 cm³/mol. The van der Waals surface area contributed by atoms with Crippen molar-refractivity contribution in [2.24, 2.45) is 5.73 Å². The third-order valence-electron chi connectivity index (χ3n) is 2.88. The molecule has 0 aliphatic carbocycles. The van der Waals surface area contributed by atoms with Crippen LogP contribution in [0.2, 0.25) is 0 Å². The van der Waals surface area contributed by atoms with E-state index < -0.39 is 0 Å². The van der Waals surface area contributed by atoms with Crippen LogP contribution in [-0.2, 0) is 0 Å². The quantitative estimate of drug-likeness (QED) is 0.661. The normalized spacial score (nSPS) is 11.2. The monoisotopic (exact) mass is 277 g/mol. The standard InChI is InChI=1S/C17H15N3O/c1-12(19)16(11-18)17(20)13-7-9-15(10-8-13)21-14-5-3-2-4-6-14/h2-10,20H,19H2,1H3/b16-12+,20-17?. The molecular weight excluding hydrogens is 262 g/mol. The highest BCUT2D eigenvalue weighted by molar-refractivity contribution is 6.13. The maximum Gasteiger partial charge on any atom is 0.127 e. The van der Waals surface area contributed by atoms with Gasteiger partial charge in [0.05, 0.1) is 11.3 Å². The van der Waals surface area contributed by atoms with E-state index >= 15 is 0 Å². The van der Waals surface area contributed by atoms with Gasteiger partial charge in [0.2, 0.25) is 0 Å². The maximum absolute atomic E-state index is 9.02. The minimum Gasteiger partial charge on any atom is -0.457 e. The fraction of sp³-hybridized carbons (Fsp3) is 0.0588. The Morgan fingerprint density at radius 2 is 1.62 bits per heavy atom. The molecule has 0 heterocycles. The van der Waals surface area contributed by atoms with Gasteiger partial charge in [0.1, 0.15) is 17.6 Å². The molecule has 0 bridgehead atoms. The van der Waals surface area contributed by atoms with Crippen molar-refractivity contribution in [1.29, 1.82) is 10.7 Å². The summed E-state index contributed by atoms with van der Waals surface area (Å²) in [5.41, 5.74) is 6.87. The summed E-state index contributed by atoms with van der Waals surface area (Å²) < 4.78 is 5.68. The summed E-state index contributed by atoms with van der Waals surface area (Å²) in [5, 5.41) is 17.0. The SMILES string of the molecule is C/C(N)=C(/C#N)C(=N)c1ccc(Oc2ccccc2)cc1. The Morgan fingerprint density at radius 1 is 1.05 bits per heavy atom. The van der Waals surface area contributed by atoms with E-state index in [1.165, 1.54) is 0 Å². The van der Waals surface area contributed by atoms with Crippen molar-refractivity contribution in [2.75, 3.05) is 0 Å². The molecule has 0 atom stereocenters. The Balaban J connectivity index is 2.18. The summed E-state index contributed by atoms with van der Waals surface area (Å²) in [6, 6.07) is 18.4. The lowest BCUT2D eigenvalue weighted by atomic mass is 10.0. The zero-order chi connectivity index (χ0) is 15.2. The van der Waals surface area contributed by atoms with Gasteiger partial charge in [-0.05, 0) is 43.3 Å². The molecule has 0 radical (unpaired) electrons. The molecule has 0 aliphatic rings. The van der Waals surface area contributed by atoms with Crippen molar-refractivity contribution in [3.8, 4) is 17.6 Å². The molecule has 2 rings (SSSR count). The molecule has 4 nitrogen and oxygen atoms in total. The molecule has 21 heavy (non-hydrogen) atoms. The number of nitrogens with one attached hydrogen (secondary N) is 1. The van der Waals surface area contributed by atoms with E-state index in [0.29, 0.717) is 17.0 Å². The molecule has 2 aromatic carbocycles. The second kappa shape index (κ2) is 6.40. The molecular formula is C17H15N3O. The number of nitrogens with two attached hydrogens (primary N) is 1. The molecule has 0 saturated carbocycles. The summed E-state index contributed by atoms with van der Waals surface area (Å²) in [6.07, 6.45) is 0. The average molecular weight is 277 g/mol. The molecule has 3 N–H and O–H groups in total. The number of para-hydroxylation sites is 1. The zero-order valence-electron chi connectivity index (χ0n) is 11.6. The Bertz CT molecular complexity index is 706. The van der Waals surface area contributed by atoms with Crippen LogP contribution in [0.4, 0.5) is 0 Å². The maximum atomic E-state index is 9.02. The molecule has 0 saturated heterocycles. The van der Waals surface area contributed by atoms with Crippen molar-refractivity contribution in [3.63, 3.8) is 0 Å². The minimum absolute atomic E-state index is 0.115. The van der Waals surface area contributed by atoms with Crippen molar-refractivity contribution in [2.45, 2.75) is 6.92 Å². The number of ether oxygens (including phenoxy) is 1. The highest BCUT2D eigenvalue weighted by Crippen LogP contribution is 2.22. The lowest BCUT2D eigenvalue weighted by molar-refractivity contribution is 0.482. The number of nitrogens with zero attached hydrogens (tertiary/aromatic N) is 1. The Hall–Kier alpha value is -3.06. The average Bonchev–Trinajstić information content (AvgIpc) is 2.49. The van der Waals surface area contributed by atoms with E-state index in [9.17, 15) is 0 Å². The fourth-order valence-corrected chi connectivity index (χ4v) is 1.80. The zero-order valence-corrected chi connectivity index (χ0v) is 11.6. The summed E-state index contributed by atoms with van der Waals surface area (Å²) in [6.45, 7) is 1.61. The number of rotatable bonds is 4. The van der Waals surface area contributed by atoms with Gasteiger partial charge in [-0.1, -0.05) is 18.2 Å². The van der Waals surface area contributed by atoms with Gasteiger partial charge < -0.3 is 10.5 Å². The minimum atomic E-state index is 0.115. The van der Waals surface area contributed by atoms with Gasteiger partial charge in [-0.3, -0.25) is 5.41 Å². The lowest BCUT2D eigenvalue weighted by Gasteiger charge is -2.08. The molecule has 0 unspecified atom stereocenters. The first kappa shape index (κ1) is 14.4. The van der Waals surface area contributed by atoms with Crippen LogP contribution in [0.3, 0.4) is 0 Å². The first-order valence-corrected chi connectivity index (χ1v) is 6.40. The second-order valence-electron chi connectivity index (χ2n) is 4.48. The lowest BCUT2D eigenvalue weighted by Crippen LogP contribution is -2.08. The van der Waals surface area contributed by atoms with Crippen LogP contribution in [0.1, 0.15) is 12.5 Å².